The number of rotatable bonds is 2. The number of primary amides is 1. The molecule has 1 aromatic heterocycles. The third-order valence-electron chi connectivity index (χ3n) is 3.07. The highest BCUT2D eigenvalue weighted by molar-refractivity contribution is 5.94. The molecule has 8 heteroatoms. The largest absolute Gasteiger partial charge is 0.417 e. The molecule has 4 nitrogen and oxygen atoms in total. The maximum absolute atomic E-state index is 13.5. The second-order valence-electron chi connectivity index (χ2n) is 4.63. The number of amides is 1. The molecule has 0 bridgehead atoms. The SMILES string of the molecule is Cc1ccc(-c2cc(C(F)(F)F)c(C(N)=O)c(=O)[nH]2)cc1F. The topological polar surface area (TPSA) is 76.0 Å². The lowest BCUT2D eigenvalue weighted by atomic mass is 10.0. The molecular weight excluding hydrogens is 304 g/mol. The van der Waals surface area contributed by atoms with Gasteiger partial charge in [0, 0.05) is 11.3 Å². The van der Waals surface area contributed by atoms with Gasteiger partial charge in [0.2, 0.25) is 0 Å². The van der Waals surface area contributed by atoms with Crippen molar-refractivity contribution in [2.75, 3.05) is 0 Å². The van der Waals surface area contributed by atoms with Crippen LogP contribution >= 0.6 is 0 Å². The standard InChI is InChI=1S/C14H10F4N2O2/c1-6-2-3-7(4-9(6)15)10-5-8(14(16,17)18)11(12(19)21)13(22)20-10/h2-5H,1H3,(H2,19,21)(H,20,22). The quantitative estimate of drug-likeness (QED) is 0.836. The number of halogens is 4. The Morgan fingerprint density at radius 3 is 2.36 bits per heavy atom. The summed E-state index contributed by atoms with van der Waals surface area (Å²) in [4.78, 5) is 24.9. The Bertz CT molecular complexity index is 809. The molecule has 2 rings (SSSR count). The summed E-state index contributed by atoms with van der Waals surface area (Å²) in [6, 6.07) is 4.27. The van der Waals surface area contributed by atoms with E-state index in [-0.39, 0.29) is 11.3 Å². The smallest absolute Gasteiger partial charge is 0.365 e. The zero-order valence-electron chi connectivity index (χ0n) is 11.2. The minimum absolute atomic E-state index is 0.0433. The third-order valence-corrected chi connectivity index (χ3v) is 3.07. The summed E-state index contributed by atoms with van der Waals surface area (Å²) in [7, 11) is 0. The summed E-state index contributed by atoms with van der Waals surface area (Å²) in [6.45, 7) is 1.49. The average Bonchev–Trinajstić information content (AvgIpc) is 2.39. The molecule has 0 aliphatic heterocycles. The maximum Gasteiger partial charge on any atom is 0.417 e. The van der Waals surface area contributed by atoms with Crippen LogP contribution < -0.4 is 11.3 Å². The summed E-state index contributed by atoms with van der Waals surface area (Å²) in [6.07, 6.45) is -4.95. The summed E-state index contributed by atoms with van der Waals surface area (Å²) >= 11 is 0. The van der Waals surface area contributed by atoms with Gasteiger partial charge in [-0.2, -0.15) is 13.2 Å². The van der Waals surface area contributed by atoms with Crippen molar-refractivity contribution in [3.63, 3.8) is 0 Å². The van der Waals surface area contributed by atoms with Gasteiger partial charge in [-0.15, -0.1) is 0 Å². The molecule has 1 amide bonds. The monoisotopic (exact) mass is 314 g/mol. The molecule has 0 spiro atoms. The van der Waals surface area contributed by atoms with Crippen LogP contribution in [-0.4, -0.2) is 10.9 Å². The van der Waals surface area contributed by atoms with E-state index in [0.717, 1.165) is 6.07 Å². The fraction of sp³-hybridized carbons (Fsp3) is 0.143. The van der Waals surface area contributed by atoms with Crippen LogP contribution in [0.4, 0.5) is 17.6 Å². The molecule has 2 aromatic rings. The minimum Gasteiger partial charge on any atom is -0.365 e. The second-order valence-corrected chi connectivity index (χ2v) is 4.63. The van der Waals surface area contributed by atoms with Crippen molar-refractivity contribution in [1.82, 2.24) is 4.98 Å². The fourth-order valence-electron chi connectivity index (χ4n) is 1.94. The van der Waals surface area contributed by atoms with Gasteiger partial charge < -0.3 is 10.7 Å². The number of carbonyl (C=O) groups is 1. The number of aryl methyl sites for hydroxylation is 1. The number of hydrogen-bond acceptors (Lipinski definition) is 2. The van der Waals surface area contributed by atoms with Crippen LogP contribution in [0.15, 0.2) is 29.1 Å². The summed E-state index contributed by atoms with van der Waals surface area (Å²) in [5.74, 6) is -2.12. The highest BCUT2D eigenvalue weighted by Crippen LogP contribution is 2.33. The number of aromatic amines is 1. The van der Waals surface area contributed by atoms with Crippen molar-refractivity contribution in [2.24, 2.45) is 5.73 Å². The summed E-state index contributed by atoms with van der Waals surface area (Å²) in [5, 5.41) is 0. The van der Waals surface area contributed by atoms with E-state index in [2.05, 4.69) is 4.98 Å². The molecule has 0 aliphatic carbocycles. The molecule has 22 heavy (non-hydrogen) atoms. The summed E-state index contributed by atoms with van der Waals surface area (Å²) < 4.78 is 52.5. The van der Waals surface area contributed by atoms with E-state index in [1.165, 1.54) is 19.1 Å². The minimum atomic E-state index is -4.95. The zero-order chi connectivity index (χ0) is 16.7. The second kappa shape index (κ2) is 5.28. The number of benzene rings is 1. The lowest BCUT2D eigenvalue weighted by Crippen LogP contribution is -2.29. The van der Waals surface area contributed by atoms with Gasteiger partial charge in [0.15, 0.2) is 0 Å². The van der Waals surface area contributed by atoms with Crippen LogP contribution in [-0.2, 0) is 6.18 Å². The zero-order valence-corrected chi connectivity index (χ0v) is 11.2. The first kappa shape index (κ1) is 15.7. The predicted octanol–water partition coefficient (Wildman–Crippen LogP) is 2.61. The van der Waals surface area contributed by atoms with E-state index in [9.17, 15) is 27.2 Å². The molecule has 1 heterocycles. The third kappa shape index (κ3) is 2.85. The molecule has 3 N–H and O–H groups in total. The Morgan fingerprint density at radius 2 is 1.86 bits per heavy atom. The molecule has 0 unspecified atom stereocenters. The number of hydrogen-bond donors (Lipinski definition) is 2. The van der Waals surface area contributed by atoms with Crippen molar-refractivity contribution < 1.29 is 22.4 Å². The Hall–Kier alpha value is -2.64. The van der Waals surface area contributed by atoms with Crippen molar-refractivity contribution in [2.45, 2.75) is 13.1 Å². The highest BCUT2D eigenvalue weighted by atomic mass is 19.4. The number of carbonyl (C=O) groups excluding carboxylic acids is 1. The predicted molar refractivity (Wildman–Crippen MR) is 70.7 cm³/mol. The van der Waals surface area contributed by atoms with Gasteiger partial charge in [0.05, 0.1) is 5.56 Å². The normalized spacial score (nSPS) is 11.5. The maximum atomic E-state index is 13.5. The van der Waals surface area contributed by atoms with E-state index in [1.807, 2.05) is 0 Å². The number of nitrogens with two attached hydrogens (primary N) is 1. The van der Waals surface area contributed by atoms with E-state index in [1.54, 1.807) is 0 Å². The molecule has 0 saturated carbocycles. The van der Waals surface area contributed by atoms with E-state index in [0.29, 0.717) is 11.6 Å². The van der Waals surface area contributed by atoms with Crippen LogP contribution in [0.5, 0.6) is 0 Å². The molecular formula is C14H10F4N2O2. The van der Waals surface area contributed by atoms with Crippen LogP contribution in [0.1, 0.15) is 21.5 Å². The van der Waals surface area contributed by atoms with Gasteiger partial charge in [0.25, 0.3) is 11.5 Å². The Balaban J connectivity index is 2.75. The Labute approximate surface area is 121 Å². The van der Waals surface area contributed by atoms with Crippen molar-refractivity contribution >= 4 is 5.91 Å². The Morgan fingerprint density at radius 1 is 1.23 bits per heavy atom. The molecule has 0 atom stereocenters. The molecule has 0 radical (unpaired) electrons. The van der Waals surface area contributed by atoms with Crippen molar-refractivity contribution in [3.05, 3.63) is 57.1 Å². The molecule has 116 valence electrons. The first-order valence-corrected chi connectivity index (χ1v) is 6.02. The average molecular weight is 314 g/mol. The first-order chi connectivity index (χ1) is 10.1. The molecule has 0 saturated heterocycles. The van der Waals surface area contributed by atoms with E-state index in [4.69, 9.17) is 5.73 Å². The lowest BCUT2D eigenvalue weighted by Gasteiger charge is -2.12. The summed E-state index contributed by atoms with van der Waals surface area (Å²) in [5.41, 5.74) is 0.993. The van der Waals surface area contributed by atoms with Gasteiger partial charge in [-0.1, -0.05) is 12.1 Å². The number of H-pyrrole nitrogens is 1. The number of pyridine rings is 1. The van der Waals surface area contributed by atoms with Crippen LogP contribution in [0, 0.1) is 12.7 Å². The van der Waals surface area contributed by atoms with Crippen LogP contribution in [0.3, 0.4) is 0 Å². The molecule has 1 aromatic carbocycles. The van der Waals surface area contributed by atoms with Crippen LogP contribution in [0.2, 0.25) is 0 Å². The fourth-order valence-corrected chi connectivity index (χ4v) is 1.94. The van der Waals surface area contributed by atoms with Crippen LogP contribution in [0.25, 0.3) is 11.3 Å². The highest BCUT2D eigenvalue weighted by Gasteiger charge is 2.37. The number of aromatic nitrogens is 1. The van der Waals surface area contributed by atoms with E-state index < -0.39 is 34.6 Å². The Kier molecular flexibility index (Phi) is 3.78. The van der Waals surface area contributed by atoms with Gasteiger partial charge in [-0.3, -0.25) is 9.59 Å². The molecule has 0 fully saturated rings. The van der Waals surface area contributed by atoms with E-state index >= 15 is 0 Å². The lowest BCUT2D eigenvalue weighted by molar-refractivity contribution is -0.138. The van der Waals surface area contributed by atoms with Gasteiger partial charge in [0.1, 0.15) is 11.4 Å². The van der Waals surface area contributed by atoms with Gasteiger partial charge >= 0.3 is 6.18 Å². The van der Waals surface area contributed by atoms with Gasteiger partial charge in [-0.25, -0.2) is 4.39 Å². The van der Waals surface area contributed by atoms with Gasteiger partial charge in [-0.05, 0) is 24.6 Å². The number of alkyl halides is 3. The molecule has 0 aliphatic rings. The first-order valence-electron chi connectivity index (χ1n) is 6.02. The van der Waals surface area contributed by atoms with Crippen molar-refractivity contribution in [1.29, 1.82) is 0 Å². The van der Waals surface area contributed by atoms with Crippen molar-refractivity contribution in [3.8, 4) is 11.3 Å². The number of nitrogens with one attached hydrogen (secondary N) is 1.